The summed E-state index contributed by atoms with van der Waals surface area (Å²) >= 11 is 0. The van der Waals surface area contributed by atoms with Crippen molar-refractivity contribution in [2.24, 2.45) is 11.8 Å². The van der Waals surface area contributed by atoms with Gasteiger partial charge in [-0.2, -0.15) is 0 Å². The highest BCUT2D eigenvalue weighted by atomic mass is 16.5. The van der Waals surface area contributed by atoms with Gasteiger partial charge in [0.15, 0.2) is 0 Å². The van der Waals surface area contributed by atoms with E-state index in [4.69, 9.17) is 4.74 Å². The van der Waals surface area contributed by atoms with Crippen molar-refractivity contribution in [3.63, 3.8) is 0 Å². The lowest BCUT2D eigenvalue weighted by Crippen LogP contribution is -2.36. The number of ether oxygens (including phenoxy) is 1. The van der Waals surface area contributed by atoms with Crippen molar-refractivity contribution in [3.05, 3.63) is 59.7 Å². The summed E-state index contributed by atoms with van der Waals surface area (Å²) in [5, 5.41) is 12.0. The van der Waals surface area contributed by atoms with E-state index in [1.54, 1.807) is 4.90 Å². The first-order valence-corrected chi connectivity index (χ1v) is 11.5. The van der Waals surface area contributed by atoms with E-state index in [1.807, 2.05) is 38.1 Å². The van der Waals surface area contributed by atoms with Crippen molar-refractivity contribution in [1.82, 2.24) is 10.2 Å². The van der Waals surface area contributed by atoms with Gasteiger partial charge in [-0.3, -0.25) is 9.59 Å². The average molecular weight is 451 g/mol. The van der Waals surface area contributed by atoms with Crippen molar-refractivity contribution in [2.45, 2.75) is 38.6 Å². The number of carbonyl (C=O) groups is 3. The number of alkyl carbamates (subject to hydrolysis) is 1. The molecule has 0 bridgehead atoms. The summed E-state index contributed by atoms with van der Waals surface area (Å²) in [6, 6.07) is 16.1. The van der Waals surface area contributed by atoms with Crippen LogP contribution in [-0.2, 0) is 14.3 Å². The second-order valence-electron chi connectivity index (χ2n) is 9.13. The number of hydrogen-bond donors (Lipinski definition) is 2. The van der Waals surface area contributed by atoms with E-state index in [2.05, 4.69) is 29.6 Å². The summed E-state index contributed by atoms with van der Waals surface area (Å²) in [4.78, 5) is 37.7. The van der Waals surface area contributed by atoms with Crippen molar-refractivity contribution in [3.8, 4) is 11.1 Å². The Bertz CT molecular complexity index is 1010. The van der Waals surface area contributed by atoms with Crippen molar-refractivity contribution in [2.75, 3.05) is 19.7 Å². The molecule has 3 atom stereocenters. The lowest BCUT2D eigenvalue weighted by molar-refractivity contribution is -0.142. The number of nitrogens with one attached hydrogen (secondary N) is 1. The number of nitrogens with zero attached hydrogens (tertiary/aromatic N) is 1. The maximum absolute atomic E-state index is 12.5. The number of carboxylic acids is 1. The zero-order valence-electron chi connectivity index (χ0n) is 19.0. The molecule has 33 heavy (non-hydrogen) atoms. The summed E-state index contributed by atoms with van der Waals surface area (Å²) in [6.45, 7) is 4.65. The standard InChI is InChI=1S/C26H30N2O5/c1-16-13-28(14-22(16)25(30)31)24(29)12-11-17(2)27-26(32)33-15-23-20-9-5-3-7-18(20)19-8-4-6-10-21(19)23/h3-10,16-17,22-23H,11-15H2,1-2H3,(H,27,32)(H,30,31)/t16-,17?,22-/m0/s1. The van der Waals surface area contributed by atoms with E-state index in [0.717, 1.165) is 11.1 Å². The molecule has 1 heterocycles. The van der Waals surface area contributed by atoms with Gasteiger partial charge in [0, 0.05) is 31.5 Å². The molecule has 0 saturated carbocycles. The number of rotatable bonds is 7. The number of aliphatic carboxylic acids is 1. The van der Waals surface area contributed by atoms with Crippen LogP contribution < -0.4 is 5.32 Å². The highest BCUT2D eigenvalue weighted by Crippen LogP contribution is 2.44. The van der Waals surface area contributed by atoms with Crippen LogP contribution in [0.2, 0.25) is 0 Å². The van der Waals surface area contributed by atoms with Gasteiger partial charge in [0.05, 0.1) is 5.92 Å². The number of benzene rings is 2. The Hall–Kier alpha value is -3.35. The van der Waals surface area contributed by atoms with Crippen LogP contribution in [0, 0.1) is 11.8 Å². The van der Waals surface area contributed by atoms with Crippen LogP contribution in [-0.4, -0.2) is 53.7 Å². The van der Waals surface area contributed by atoms with Gasteiger partial charge in [0.2, 0.25) is 5.91 Å². The lowest BCUT2D eigenvalue weighted by Gasteiger charge is -2.19. The maximum Gasteiger partial charge on any atom is 0.407 e. The van der Waals surface area contributed by atoms with Crippen LogP contribution in [0.4, 0.5) is 4.79 Å². The van der Waals surface area contributed by atoms with Crippen molar-refractivity contribution in [1.29, 1.82) is 0 Å². The smallest absolute Gasteiger partial charge is 0.407 e. The first-order chi connectivity index (χ1) is 15.8. The number of likely N-dealkylation sites (tertiary alicyclic amines) is 1. The number of fused-ring (bicyclic) bond motifs is 3. The molecule has 0 aromatic heterocycles. The second kappa shape index (κ2) is 9.65. The first-order valence-electron chi connectivity index (χ1n) is 11.5. The zero-order valence-corrected chi connectivity index (χ0v) is 19.0. The van der Waals surface area contributed by atoms with E-state index in [9.17, 15) is 19.5 Å². The van der Waals surface area contributed by atoms with Gasteiger partial charge in [-0.25, -0.2) is 4.79 Å². The molecule has 2 N–H and O–H groups in total. The molecule has 7 heteroatoms. The van der Waals surface area contributed by atoms with Crippen LogP contribution in [0.5, 0.6) is 0 Å². The maximum atomic E-state index is 12.5. The molecule has 2 aromatic rings. The Morgan fingerprint density at radius 2 is 1.67 bits per heavy atom. The summed E-state index contributed by atoms with van der Waals surface area (Å²) < 4.78 is 5.56. The predicted molar refractivity (Wildman–Crippen MR) is 124 cm³/mol. The van der Waals surface area contributed by atoms with Crippen LogP contribution in [0.3, 0.4) is 0 Å². The molecule has 2 aliphatic rings. The molecular formula is C26H30N2O5. The van der Waals surface area contributed by atoms with E-state index in [1.165, 1.54) is 11.1 Å². The van der Waals surface area contributed by atoms with Gasteiger partial charge in [-0.1, -0.05) is 55.5 Å². The molecule has 1 saturated heterocycles. The largest absolute Gasteiger partial charge is 0.481 e. The summed E-state index contributed by atoms with van der Waals surface area (Å²) in [7, 11) is 0. The average Bonchev–Trinajstić information content (AvgIpc) is 3.34. The monoisotopic (exact) mass is 450 g/mol. The Morgan fingerprint density at radius 1 is 1.06 bits per heavy atom. The van der Waals surface area contributed by atoms with Gasteiger partial charge in [0.1, 0.15) is 6.61 Å². The fourth-order valence-corrected chi connectivity index (χ4v) is 4.90. The third-order valence-corrected chi connectivity index (χ3v) is 6.78. The molecule has 7 nitrogen and oxygen atoms in total. The molecule has 2 amide bonds. The second-order valence-corrected chi connectivity index (χ2v) is 9.13. The minimum atomic E-state index is -0.858. The SMILES string of the molecule is CC(CCC(=O)N1C[C@H](C(=O)O)[C@@H](C)C1)NC(=O)OCC1c2ccccc2-c2ccccc21. The van der Waals surface area contributed by atoms with Gasteiger partial charge < -0.3 is 20.1 Å². The number of amides is 2. The van der Waals surface area contributed by atoms with Crippen LogP contribution >= 0.6 is 0 Å². The van der Waals surface area contributed by atoms with Gasteiger partial charge in [-0.05, 0) is 41.5 Å². The number of hydrogen-bond acceptors (Lipinski definition) is 4. The molecule has 0 spiro atoms. The third kappa shape index (κ3) is 4.87. The third-order valence-electron chi connectivity index (χ3n) is 6.78. The van der Waals surface area contributed by atoms with Crippen LogP contribution in [0.1, 0.15) is 43.7 Å². The molecule has 1 aliphatic carbocycles. The van der Waals surface area contributed by atoms with E-state index < -0.39 is 18.0 Å². The topological polar surface area (TPSA) is 95.9 Å². The molecule has 4 rings (SSSR count). The summed E-state index contributed by atoms with van der Waals surface area (Å²) in [5.74, 6) is -1.50. The molecular weight excluding hydrogens is 420 g/mol. The zero-order chi connectivity index (χ0) is 23.5. The molecule has 0 radical (unpaired) electrons. The minimum absolute atomic E-state index is 0.000582. The fraction of sp³-hybridized carbons (Fsp3) is 0.423. The quantitative estimate of drug-likeness (QED) is 0.668. The Balaban J connectivity index is 1.25. The number of carbonyl (C=O) groups excluding carboxylic acids is 2. The molecule has 1 unspecified atom stereocenters. The van der Waals surface area contributed by atoms with Gasteiger partial charge in [0.25, 0.3) is 0 Å². The van der Waals surface area contributed by atoms with Gasteiger partial charge >= 0.3 is 12.1 Å². The van der Waals surface area contributed by atoms with Crippen LogP contribution in [0.15, 0.2) is 48.5 Å². The van der Waals surface area contributed by atoms with E-state index in [0.29, 0.717) is 13.0 Å². The van der Waals surface area contributed by atoms with Crippen molar-refractivity contribution < 1.29 is 24.2 Å². The highest BCUT2D eigenvalue weighted by molar-refractivity contribution is 5.80. The van der Waals surface area contributed by atoms with Crippen LogP contribution in [0.25, 0.3) is 11.1 Å². The number of carboxylic acid groups (broad SMARTS) is 1. The Labute approximate surface area is 193 Å². The first kappa shape index (κ1) is 22.8. The Morgan fingerprint density at radius 3 is 2.24 bits per heavy atom. The fourth-order valence-electron chi connectivity index (χ4n) is 4.90. The highest BCUT2D eigenvalue weighted by Gasteiger charge is 2.36. The van der Waals surface area contributed by atoms with Gasteiger partial charge in [-0.15, -0.1) is 0 Å². The van der Waals surface area contributed by atoms with E-state index >= 15 is 0 Å². The normalized spacial score (nSPS) is 20.1. The summed E-state index contributed by atoms with van der Waals surface area (Å²) in [6.07, 6.45) is 0.216. The minimum Gasteiger partial charge on any atom is -0.481 e. The van der Waals surface area contributed by atoms with Crippen molar-refractivity contribution >= 4 is 18.0 Å². The molecule has 174 valence electrons. The van der Waals surface area contributed by atoms with E-state index in [-0.39, 0.29) is 43.4 Å². The predicted octanol–water partition coefficient (Wildman–Crippen LogP) is 3.87. The molecule has 1 fully saturated rings. The summed E-state index contributed by atoms with van der Waals surface area (Å²) in [5.41, 5.74) is 4.67. The molecule has 1 aliphatic heterocycles. The molecule has 2 aromatic carbocycles. The lowest BCUT2D eigenvalue weighted by atomic mass is 9.98. The Kier molecular flexibility index (Phi) is 6.67.